The minimum Gasteiger partial charge on any atom is -0.0864 e. The summed E-state index contributed by atoms with van der Waals surface area (Å²) in [6.45, 7) is 6.51. The summed E-state index contributed by atoms with van der Waals surface area (Å²) in [5.74, 6) is 0. The molecule has 0 bridgehead atoms. The lowest BCUT2D eigenvalue weighted by atomic mass is 10.4. The van der Waals surface area contributed by atoms with E-state index in [-0.39, 0.29) is 0 Å². The first-order valence-corrected chi connectivity index (χ1v) is 5.52. The molecule has 0 aliphatic carbocycles. The average Bonchev–Trinajstić information content (AvgIpc) is 1.89. The van der Waals surface area contributed by atoms with Crippen LogP contribution in [0, 0.1) is 0 Å². The molecule has 0 fully saturated rings. The van der Waals surface area contributed by atoms with E-state index < -0.39 is 0 Å². The van der Waals surface area contributed by atoms with E-state index in [2.05, 4.69) is 25.3 Å². The van der Waals surface area contributed by atoms with Crippen LogP contribution in [0.15, 0.2) is 11.5 Å². The first-order chi connectivity index (χ1) is 4.31. The van der Waals surface area contributed by atoms with Gasteiger partial charge < -0.3 is 0 Å². The van der Waals surface area contributed by atoms with Gasteiger partial charge in [0.25, 0.3) is 0 Å². The van der Waals surface area contributed by atoms with Gasteiger partial charge in [0.2, 0.25) is 0 Å². The number of allylic oxidation sites excluding steroid dienone is 1. The van der Waals surface area contributed by atoms with Gasteiger partial charge in [0, 0.05) is 5.25 Å². The zero-order valence-corrected chi connectivity index (χ0v) is 7.89. The van der Waals surface area contributed by atoms with Gasteiger partial charge in [0.15, 0.2) is 0 Å². The highest BCUT2D eigenvalue weighted by molar-refractivity contribution is 8.78. The Morgan fingerprint density at radius 1 is 1.56 bits per heavy atom. The fourth-order valence-corrected chi connectivity index (χ4v) is 2.25. The maximum absolute atomic E-state index is 2.25. The number of hydrogen-bond acceptors (Lipinski definition) is 2. The van der Waals surface area contributed by atoms with Gasteiger partial charge in [0.05, 0.1) is 0 Å². The minimum atomic E-state index is 0.784. The van der Waals surface area contributed by atoms with E-state index >= 15 is 0 Å². The van der Waals surface area contributed by atoms with Crippen molar-refractivity contribution in [2.45, 2.75) is 32.4 Å². The fraction of sp³-hybridized carbons (Fsp3) is 0.714. The quantitative estimate of drug-likeness (QED) is 0.578. The molecular formula is C7H14S2. The van der Waals surface area contributed by atoms with Crippen LogP contribution in [0.2, 0.25) is 0 Å². The minimum absolute atomic E-state index is 0.784. The lowest BCUT2D eigenvalue weighted by Gasteiger charge is -2.02. The third kappa shape index (κ3) is 6.32. The second kappa shape index (κ2) is 6.56. The van der Waals surface area contributed by atoms with Gasteiger partial charge in [-0.15, -0.1) is 0 Å². The molecule has 0 spiro atoms. The van der Waals surface area contributed by atoms with E-state index in [9.17, 15) is 0 Å². The Hall–Kier alpha value is 0.440. The molecule has 0 rings (SSSR count). The second-order valence-electron chi connectivity index (χ2n) is 1.88. The molecule has 0 heterocycles. The second-order valence-corrected chi connectivity index (χ2v) is 4.50. The highest BCUT2D eigenvalue weighted by atomic mass is 33.1. The Bertz CT molecular complexity index is 79.0. The maximum Gasteiger partial charge on any atom is 0.0123 e. The highest BCUT2D eigenvalue weighted by Crippen LogP contribution is 2.28. The van der Waals surface area contributed by atoms with Gasteiger partial charge in [-0.1, -0.05) is 41.5 Å². The Balaban J connectivity index is 3.06. The van der Waals surface area contributed by atoms with Crippen LogP contribution in [0.5, 0.6) is 0 Å². The van der Waals surface area contributed by atoms with Gasteiger partial charge in [-0.05, 0) is 18.8 Å². The van der Waals surface area contributed by atoms with Crippen LogP contribution in [0.4, 0.5) is 0 Å². The lowest BCUT2D eigenvalue weighted by Crippen LogP contribution is -1.86. The maximum atomic E-state index is 2.25. The molecule has 0 aromatic carbocycles. The molecule has 0 aliphatic heterocycles. The third-order valence-corrected chi connectivity index (χ3v) is 3.79. The Morgan fingerprint density at radius 3 is 2.67 bits per heavy atom. The number of rotatable bonds is 4. The Morgan fingerprint density at radius 2 is 2.22 bits per heavy atom. The van der Waals surface area contributed by atoms with Crippen molar-refractivity contribution in [3.63, 3.8) is 0 Å². The Kier molecular flexibility index (Phi) is 6.88. The molecule has 0 aromatic heterocycles. The molecule has 9 heavy (non-hydrogen) atoms. The molecule has 0 aliphatic rings. The van der Waals surface area contributed by atoms with Crippen LogP contribution in [-0.4, -0.2) is 5.25 Å². The zero-order valence-electron chi connectivity index (χ0n) is 6.26. The molecular weight excluding hydrogens is 148 g/mol. The monoisotopic (exact) mass is 162 g/mol. The van der Waals surface area contributed by atoms with Gasteiger partial charge in [0.1, 0.15) is 0 Å². The predicted molar refractivity (Wildman–Crippen MR) is 49.7 cm³/mol. The van der Waals surface area contributed by atoms with Crippen molar-refractivity contribution in [3.05, 3.63) is 11.5 Å². The van der Waals surface area contributed by atoms with Crippen molar-refractivity contribution in [2.24, 2.45) is 0 Å². The van der Waals surface area contributed by atoms with Crippen molar-refractivity contribution in [1.29, 1.82) is 0 Å². The predicted octanol–water partition coefficient (Wildman–Crippen LogP) is 3.70. The van der Waals surface area contributed by atoms with Crippen LogP contribution >= 0.6 is 21.6 Å². The van der Waals surface area contributed by atoms with Gasteiger partial charge >= 0.3 is 0 Å². The van der Waals surface area contributed by atoms with E-state index in [1.54, 1.807) is 0 Å². The molecule has 0 saturated carbocycles. The lowest BCUT2D eigenvalue weighted by molar-refractivity contribution is 0.912. The van der Waals surface area contributed by atoms with E-state index in [1.165, 1.54) is 6.42 Å². The summed E-state index contributed by atoms with van der Waals surface area (Å²) < 4.78 is 0. The van der Waals surface area contributed by atoms with Crippen molar-refractivity contribution in [2.75, 3.05) is 0 Å². The van der Waals surface area contributed by atoms with E-state index in [0.29, 0.717) is 0 Å². The molecule has 1 unspecified atom stereocenters. The van der Waals surface area contributed by atoms with E-state index in [1.807, 2.05) is 28.5 Å². The molecule has 0 N–H and O–H groups in total. The molecule has 0 amide bonds. The smallest absolute Gasteiger partial charge is 0.0123 e. The molecule has 2 heteroatoms. The Labute approximate surface area is 65.9 Å². The summed E-state index contributed by atoms with van der Waals surface area (Å²) in [6, 6.07) is 0. The molecule has 54 valence electrons. The summed E-state index contributed by atoms with van der Waals surface area (Å²) in [7, 11) is 3.75. The standard InChI is InChI=1S/C7H14S2/c1-4-6-8-9-7(3)5-2/h4,6-7H,5H2,1-3H3/b6-4+. The zero-order chi connectivity index (χ0) is 7.11. The normalized spacial score (nSPS) is 14.6. The van der Waals surface area contributed by atoms with Gasteiger partial charge in [-0.3, -0.25) is 0 Å². The first kappa shape index (κ1) is 9.44. The summed E-state index contributed by atoms with van der Waals surface area (Å²) in [5, 5.41) is 2.91. The van der Waals surface area contributed by atoms with Crippen LogP contribution in [0.25, 0.3) is 0 Å². The molecule has 0 aromatic rings. The summed E-state index contributed by atoms with van der Waals surface area (Å²) >= 11 is 0. The summed E-state index contributed by atoms with van der Waals surface area (Å²) in [6.07, 6.45) is 3.33. The van der Waals surface area contributed by atoms with Gasteiger partial charge in [-0.2, -0.15) is 0 Å². The SMILES string of the molecule is C/C=C/SSC(C)CC. The van der Waals surface area contributed by atoms with E-state index in [4.69, 9.17) is 0 Å². The van der Waals surface area contributed by atoms with Crippen molar-refractivity contribution in [1.82, 2.24) is 0 Å². The van der Waals surface area contributed by atoms with E-state index in [0.717, 1.165) is 5.25 Å². The van der Waals surface area contributed by atoms with Crippen molar-refractivity contribution >= 4 is 21.6 Å². The highest BCUT2D eigenvalue weighted by Gasteiger charge is 1.95. The molecule has 1 atom stereocenters. The van der Waals surface area contributed by atoms with Crippen molar-refractivity contribution in [3.8, 4) is 0 Å². The van der Waals surface area contributed by atoms with Gasteiger partial charge in [-0.25, -0.2) is 0 Å². The van der Waals surface area contributed by atoms with Crippen LogP contribution in [0.1, 0.15) is 27.2 Å². The topological polar surface area (TPSA) is 0 Å². The average molecular weight is 162 g/mol. The summed E-state index contributed by atoms with van der Waals surface area (Å²) in [4.78, 5) is 0. The fourth-order valence-electron chi connectivity index (χ4n) is 0.251. The third-order valence-electron chi connectivity index (χ3n) is 0.986. The largest absolute Gasteiger partial charge is 0.0864 e. The molecule has 0 nitrogen and oxygen atoms in total. The number of hydrogen-bond donors (Lipinski definition) is 0. The molecule has 0 saturated heterocycles. The van der Waals surface area contributed by atoms with Crippen LogP contribution < -0.4 is 0 Å². The summed E-state index contributed by atoms with van der Waals surface area (Å²) in [5.41, 5.74) is 0. The van der Waals surface area contributed by atoms with Crippen LogP contribution in [-0.2, 0) is 0 Å². The van der Waals surface area contributed by atoms with Crippen LogP contribution in [0.3, 0.4) is 0 Å². The molecule has 0 radical (unpaired) electrons. The van der Waals surface area contributed by atoms with Crippen molar-refractivity contribution < 1.29 is 0 Å². The first-order valence-electron chi connectivity index (χ1n) is 3.24.